The van der Waals surface area contributed by atoms with Crippen LogP contribution in [0.5, 0.6) is 11.5 Å². The van der Waals surface area contributed by atoms with Crippen LogP contribution >= 0.6 is 11.3 Å². The van der Waals surface area contributed by atoms with Gasteiger partial charge in [0.2, 0.25) is 5.95 Å². The van der Waals surface area contributed by atoms with Crippen molar-refractivity contribution in [3.63, 3.8) is 0 Å². The summed E-state index contributed by atoms with van der Waals surface area (Å²) >= 11 is 1.71. The van der Waals surface area contributed by atoms with Gasteiger partial charge in [-0.1, -0.05) is 18.2 Å². The Bertz CT molecular complexity index is 1060. The van der Waals surface area contributed by atoms with Gasteiger partial charge in [0.1, 0.15) is 17.3 Å². The Morgan fingerprint density at radius 1 is 0.929 bits per heavy atom. The zero-order chi connectivity index (χ0) is 19.3. The summed E-state index contributed by atoms with van der Waals surface area (Å²) < 4.78 is 10.7. The van der Waals surface area contributed by atoms with Gasteiger partial charge in [-0.05, 0) is 23.6 Å². The molecule has 7 heteroatoms. The lowest BCUT2D eigenvalue weighted by molar-refractivity contribution is 0.395. The zero-order valence-electron chi connectivity index (χ0n) is 15.6. The first-order chi connectivity index (χ1) is 13.7. The number of fused-ring (bicyclic) bond motifs is 1. The average molecular weight is 392 g/mol. The van der Waals surface area contributed by atoms with Crippen molar-refractivity contribution in [1.29, 1.82) is 0 Å². The molecule has 0 bridgehead atoms. The first-order valence-electron chi connectivity index (χ1n) is 8.78. The second-order valence-electron chi connectivity index (χ2n) is 6.07. The van der Waals surface area contributed by atoms with E-state index in [0.29, 0.717) is 24.0 Å². The Morgan fingerprint density at radius 3 is 2.43 bits per heavy atom. The first-order valence-corrected chi connectivity index (χ1v) is 9.66. The van der Waals surface area contributed by atoms with Gasteiger partial charge in [-0.25, -0.2) is 4.98 Å². The molecular weight excluding hydrogens is 372 g/mol. The minimum Gasteiger partial charge on any atom is -0.497 e. The number of hydrogen-bond acceptors (Lipinski definition) is 7. The molecule has 0 spiro atoms. The molecule has 0 aliphatic heterocycles. The summed E-state index contributed by atoms with van der Waals surface area (Å²) in [5.74, 6) is 2.68. The molecule has 2 aromatic heterocycles. The average Bonchev–Trinajstić information content (AvgIpc) is 3.25. The number of benzene rings is 2. The Morgan fingerprint density at radius 2 is 1.71 bits per heavy atom. The van der Waals surface area contributed by atoms with Crippen molar-refractivity contribution in [3.8, 4) is 11.5 Å². The molecule has 0 amide bonds. The van der Waals surface area contributed by atoms with Crippen LogP contribution in [0.4, 0.5) is 17.5 Å². The topological polar surface area (TPSA) is 68.3 Å². The smallest absolute Gasteiger partial charge is 0.229 e. The fraction of sp³-hybridized carbons (Fsp3) is 0.143. The predicted molar refractivity (Wildman–Crippen MR) is 114 cm³/mol. The van der Waals surface area contributed by atoms with E-state index in [0.717, 1.165) is 22.4 Å². The number of para-hydroxylation sites is 1. The molecule has 0 saturated carbocycles. The largest absolute Gasteiger partial charge is 0.497 e. The Hall–Kier alpha value is -3.32. The Labute approximate surface area is 167 Å². The maximum absolute atomic E-state index is 5.34. The molecule has 0 fully saturated rings. The fourth-order valence-corrected chi connectivity index (χ4v) is 3.50. The summed E-state index contributed by atoms with van der Waals surface area (Å²) in [6, 6.07) is 17.7. The van der Waals surface area contributed by atoms with Crippen LogP contribution in [0.3, 0.4) is 0 Å². The van der Waals surface area contributed by atoms with Crippen LogP contribution in [-0.4, -0.2) is 24.2 Å². The lowest BCUT2D eigenvalue weighted by atomic mass is 10.2. The molecule has 2 aromatic carbocycles. The standard InChI is InChI=1S/C21H20N4O2S/c1-26-15-10-14(11-16(12-15)27-2)23-21-24-19-8-4-3-7-18(19)20(25-21)22-13-17-6-5-9-28-17/h3-12H,13H2,1-2H3,(H2,22,23,24,25). The minimum absolute atomic E-state index is 0.502. The summed E-state index contributed by atoms with van der Waals surface area (Å²) in [5, 5.41) is 9.74. The van der Waals surface area contributed by atoms with Crippen molar-refractivity contribution in [2.45, 2.75) is 6.54 Å². The molecule has 2 heterocycles. The highest BCUT2D eigenvalue weighted by Gasteiger charge is 2.09. The number of methoxy groups -OCH3 is 2. The zero-order valence-corrected chi connectivity index (χ0v) is 16.4. The van der Waals surface area contributed by atoms with Gasteiger partial charge in [-0.15, -0.1) is 11.3 Å². The summed E-state index contributed by atoms with van der Waals surface area (Å²) in [7, 11) is 3.25. The van der Waals surface area contributed by atoms with Crippen LogP contribution < -0.4 is 20.1 Å². The number of thiophene rings is 1. The molecule has 142 valence electrons. The number of hydrogen-bond donors (Lipinski definition) is 2. The van der Waals surface area contributed by atoms with E-state index in [-0.39, 0.29) is 0 Å². The molecule has 4 aromatic rings. The van der Waals surface area contributed by atoms with E-state index < -0.39 is 0 Å². The Kier molecular flexibility index (Phi) is 5.25. The molecule has 0 radical (unpaired) electrons. The van der Waals surface area contributed by atoms with Gasteiger partial charge in [0.25, 0.3) is 0 Å². The van der Waals surface area contributed by atoms with E-state index in [1.165, 1.54) is 4.88 Å². The van der Waals surface area contributed by atoms with Gasteiger partial charge < -0.3 is 20.1 Å². The van der Waals surface area contributed by atoms with Crippen LogP contribution in [0.25, 0.3) is 10.9 Å². The maximum Gasteiger partial charge on any atom is 0.229 e. The molecule has 2 N–H and O–H groups in total. The van der Waals surface area contributed by atoms with Gasteiger partial charge in [0.05, 0.1) is 26.3 Å². The fourth-order valence-electron chi connectivity index (χ4n) is 2.86. The van der Waals surface area contributed by atoms with Crippen LogP contribution in [0.2, 0.25) is 0 Å². The molecule has 4 rings (SSSR count). The number of nitrogens with zero attached hydrogens (tertiary/aromatic N) is 2. The van der Waals surface area contributed by atoms with Crippen molar-refractivity contribution in [1.82, 2.24) is 9.97 Å². The first kappa shape index (κ1) is 18.1. The van der Waals surface area contributed by atoms with Crippen molar-refractivity contribution in [2.75, 3.05) is 24.9 Å². The number of rotatable bonds is 7. The van der Waals surface area contributed by atoms with E-state index >= 15 is 0 Å². The van der Waals surface area contributed by atoms with Gasteiger partial charge >= 0.3 is 0 Å². The lowest BCUT2D eigenvalue weighted by Gasteiger charge is -2.13. The van der Waals surface area contributed by atoms with Crippen molar-refractivity contribution in [3.05, 3.63) is 64.9 Å². The molecule has 6 nitrogen and oxygen atoms in total. The molecule has 0 aliphatic rings. The Balaban J connectivity index is 1.67. The summed E-state index contributed by atoms with van der Waals surface area (Å²) in [5.41, 5.74) is 1.65. The molecule has 0 aliphatic carbocycles. The molecule has 0 saturated heterocycles. The van der Waals surface area contributed by atoms with Gasteiger partial charge in [0, 0.05) is 34.1 Å². The third kappa shape index (κ3) is 3.99. The summed E-state index contributed by atoms with van der Waals surface area (Å²) in [6.07, 6.45) is 0. The minimum atomic E-state index is 0.502. The van der Waals surface area contributed by atoms with Gasteiger partial charge in [-0.2, -0.15) is 4.98 Å². The van der Waals surface area contributed by atoms with E-state index in [1.54, 1.807) is 25.6 Å². The monoisotopic (exact) mass is 392 g/mol. The number of aromatic nitrogens is 2. The third-order valence-corrected chi connectivity index (χ3v) is 5.10. The normalized spacial score (nSPS) is 10.6. The summed E-state index contributed by atoms with van der Waals surface area (Å²) in [6.45, 7) is 0.713. The molecule has 0 unspecified atom stereocenters. The molecular formula is C21H20N4O2S. The number of anilines is 3. The predicted octanol–water partition coefficient (Wildman–Crippen LogP) is 5.06. The number of ether oxygens (including phenoxy) is 2. The highest BCUT2D eigenvalue weighted by atomic mass is 32.1. The second-order valence-corrected chi connectivity index (χ2v) is 7.10. The van der Waals surface area contributed by atoms with Crippen molar-refractivity contribution >= 4 is 39.7 Å². The van der Waals surface area contributed by atoms with Crippen LogP contribution in [0.15, 0.2) is 60.0 Å². The summed E-state index contributed by atoms with van der Waals surface area (Å²) in [4.78, 5) is 10.6. The van der Waals surface area contributed by atoms with Crippen molar-refractivity contribution < 1.29 is 9.47 Å². The lowest BCUT2D eigenvalue weighted by Crippen LogP contribution is -2.05. The SMILES string of the molecule is COc1cc(Nc2nc(NCc3cccs3)c3ccccc3n2)cc(OC)c1. The van der Waals surface area contributed by atoms with Crippen molar-refractivity contribution in [2.24, 2.45) is 0 Å². The van der Waals surface area contributed by atoms with E-state index in [4.69, 9.17) is 14.5 Å². The highest BCUT2D eigenvalue weighted by molar-refractivity contribution is 7.09. The third-order valence-electron chi connectivity index (χ3n) is 4.22. The maximum atomic E-state index is 5.34. The van der Waals surface area contributed by atoms with E-state index in [1.807, 2.05) is 48.5 Å². The van der Waals surface area contributed by atoms with E-state index in [2.05, 4.69) is 27.1 Å². The second kappa shape index (κ2) is 8.14. The van der Waals surface area contributed by atoms with Crippen LogP contribution in [0.1, 0.15) is 4.88 Å². The highest BCUT2D eigenvalue weighted by Crippen LogP contribution is 2.29. The quantitative estimate of drug-likeness (QED) is 0.458. The number of nitrogens with one attached hydrogen (secondary N) is 2. The van der Waals surface area contributed by atoms with E-state index in [9.17, 15) is 0 Å². The van der Waals surface area contributed by atoms with Gasteiger partial charge in [-0.3, -0.25) is 0 Å². The van der Waals surface area contributed by atoms with Crippen LogP contribution in [0, 0.1) is 0 Å². The van der Waals surface area contributed by atoms with Gasteiger partial charge in [0.15, 0.2) is 0 Å². The molecule has 28 heavy (non-hydrogen) atoms. The van der Waals surface area contributed by atoms with Crippen LogP contribution in [-0.2, 0) is 6.54 Å². The molecule has 0 atom stereocenters.